The SMILES string of the molecule is COc1ccc(N2CC(C(=O)NCC#CCOc3cccc(Br)c3)CC2=O)cc1. The lowest BCUT2D eigenvalue weighted by Crippen LogP contribution is -2.33. The second kappa shape index (κ2) is 9.99. The molecule has 1 heterocycles. The summed E-state index contributed by atoms with van der Waals surface area (Å²) in [7, 11) is 1.59. The molecule has 1 aliphatic heterocycles. The van der Waals surface area contributed by atoms with E-state index in [0.717, 1.165) is 21.7 Å². The van der Waals surface area contributed by atoms with Gasteiger partial charge in [0, 0.05) is 23.1 Å². The zero-order chi connectivity index (χ0) is 20.6. The summed E-state index contributed by atoms with van der Waals surface area (Å²) in [5, 5.41) is 2.77. The zero-order valence-corrected chi connectivity index (χ0v) is 17.6. The summed E-state index contributed by atoms with van der Waals surface area (Å²) < 4.78 is 11.6. The highest BCUT2D eigenvalue weighted by Crippen LogP contribution is 2.26. The molecule has 6 nitrogen and oxygen atoms in total. The highest BCUT2D eigenvalue weighted by molar-refractivity contribution is 9.10. The van der Waals surface area contributed by atoms with Crippen molar-refractivity contribution in [3.63, 3.8) is 0 Å². The van der Waals surface area contributed by atoms with Gasteiger partial charge < -0.3 is 19.7 Å². The number of rotatable bonds is 6. The lowest BCUT2D eigenvalue weighted by Gasteiger charge is -2.16. The van der Waals surface area contributed by atoms with Crippen LogP contribution in [0, 0.1) is 17.8 Å². The van der Waals surface area contributed by atoms with Crippen molar-refractivity contribution in [1.82, 2.24) is 5.32 Å². The Morgan fingerprint density at radius 2 is 2.00 bits per heavy atom. The minimum Gasteiger partial charge on any atom is -0.497 e. The van der Waals surface area contributed by atoms with Gasteiger partial charge >= 0.3 is 0 Å². The summed E-state index contributed by atoms with van der Waals surface area (Å²) >= 11 is 3.38. The predicted octanol–water partition coefficient (Wildman–Crippen LogP) is 3.01. The van der Waals surface area contributed by atoms with Crippen molar-refractivity contribution in [2.24, 2.45) is 5.92 Å². The number of benzene rings is 2. The van der Waals surface area contributed by atoms with Crippen LogP contribution in [0.1, 0.15) is 6.42 Å². The third-order valence-electron chi connectivity index (χ3n) is 4.46. The molecule has 0 aliphatic carbocycles. The van der Waals surface area contributed by atoms with Crippen LogP contribution in [0.2, 0.25) is 0 Å². The Morgan fingerprint density at radius 1 is 1.21 bits per heavy atom. The van der Waals surface area contributed by atoms with E-state index in [1.54, 1.807) is 24.1 Å². The number of ether oxygens (including phenoxy) is 2. The van der Waals surface area contributed by atoms with Gasteiger partial charge in [0.05, 0.1) is 19.6 Å². The van der Waals surface area contributed by atoms with Gasteiger partial charge in [-0.25, -0.2) is 0 Å². The molecule has 0 aromatic heterocycles. The molecule has 1 N–H and O–H groups in total. The summed E-state index contributed by atoms with van der Waals surface area (Å²) in [6, 6.07) is 14.7. The Bertz CT molecular complexity index is 934. The van der Waals surface area contributed by atoms with Crippen molar-refractivity contribution in [3.8, 4) is 23.3 Å². The molecule has 3 rings (SSSR count). The van der Waals surface area contributed by atoms with Gasteiger partial charge in [-0.1, -0.05) is 33.8 Å². The van der Waals surface area contributed by atoms with Gasteiger partial charge in [0.25, 0.3) is 0 Å². The zero-order valence-electron chi connectivity index (χ0n) is 16.0. The smallest absolute Gasteiger partial charge is 0.227 e. The second-order valence-electron chi connectivity index (χ2n) is 6.42. The third-order valence-corrected chi connectivity index (χ3v) is 4.96. The Hall–Kier alpha value is -2.98. The van der Waals surface area contributed by atoms with Gasteiger partial charge in [-0.15, -0.1) is 0 Å². The van der Waals surface area contributed by atoms with Crippen LogP contribution < -0.4 is 19.7 Å². The maximum atomic E-state index is 12.3. The van der Waals surface area contributed by atoms with Gasteiger partial charge in [0.2, 0.25) is 11.8 Å². The van der Waals surface area contributed by atoms with Crippen molar-refractivity contribution in [1.29, 1.82) is 0 Å². The van der Waals surface area contributed by atoms with Crippen LogP contribution in [-0.2, 0) is 9.59 Å². The topological polar surface area (TPSA) is 67.9 Å². The highest BCUT2D eigenvalue weighted by Gasteiger charge is 2.34. The van der Waals surface area contributed by atoms with E-state index in [1.807, 2.05) is 36.4 Å². The first-order valence-corrected chi connectivity index (χ1v) is 9.92. The van der Waals surface area contributed by atoms with Crippen molar-refractivity contribution < 1.29 is 19.1 Å². The first-order chi connectivity index (χ1) is 14.1. The van der Waals surface area contributed by atoms with Crippen LogP contribution >= 0.6 is 15.9 Å². The lowest BCUT2D eigenvalue weighted by molar-refractivity contribution is -0.126. The average molecular weight is 457 g/mol. The van der Waals surface area contributed by atoms with Crippen molar-refractivity contribution >= 4 is 33.4 Å². The molecule has 2 aromatic carbocycles. The summed E-state index contributed by atoms with van der Waals surface area (Å²) in [4.78, 5) is 26.3. The first kappa shape index (κ1) is 20.7. The number of nitrogens with one attached hydrogen (secondary N) is 1. The highest BCUT2D eigenvalue weighted by atomic mass is 79.9. The van der Waals surface area contributed by atoms with Gasteiger partial charge in [-0.3, -0.25) is 9.59 Å². The Kier molecular flexibility index (Phi) is 7.14. The van der Waals surface area contributed by atoms with Gasteiger partial charge in [0.1, 0.15) is 18.1 Å². The maximum Gasteiger partial charge on any atom is 0.227 e. The van der Waals surface area contributed by atoms with E-state index in [9.17, 15) is 9.59 Å². The Balaban J connectivity index is 1.43. The van der Waals surface area contributed by atoms with Crippen LogP contribution in [-0.4, -0.2) is 38.6 Å². The van der Waals surface area contributed by atoms with Crippen molar-refractivity contribution in [3.05, 3.63) is 53.0 Å². The molecule has 0 saturated carbocycles. The quantitative estimate of drug-likeness (QED) is 0.678. The number of methoxy groups -OCH3 is 1. The number of anilines is 1. The minimum absolute atomic E-state index is 0.0659. The van der Waals surface area contributed by atoms with E-state index in [-0.39, 0.29) is 37.3 Å². The Morgan fingerprint density at radius 3 is 2.72 bits per heavy atom. The maximum absolute atomic E-state index is 12.3. The van der Waals surface area contributed by atoms with Crippen LogP contribution in [0.15, 0.2) is 53.0 Å². The average Bonchev–Trinajstić information content (AvgIpc) is 3.12. The van der Waals surface area contributed by atoms with E-state index in [4.69, 9.17) is 9.47 Å². The van der Waals surface area contributed by atoms with Crippen molar-refractivity contribution in [2.45, 2.75) is 6.42 Å². The molecular formula is C22H21BrN2O4. The fourth-order valence-corrected chi connectivity index (χ4v) is 3.34. The number of nitrogens with zero attached hydrogens (tertiary/aromatic N) is 1. The van der Waals surface area contributed by atoms with Gasteiger partial charge in [-0.2, -0.15) is 0 Å². The molecule has 2 amide bonds. The molecule has 0 bridgehead atoms. The summed E-state index contributed by atoms with van der Waals surface area (Å²) in [5.41, 5.74) is 0.760. The number of carbonyl (C=O) groups excluding carboxylic acids is 2. The summed E-state index contributed by atoms with van der Waals surface area (Å²) in [6.45, 7) is 0.809. The van der Waals surface area contributed by atoms with E-state index in [0.29, 0.717) is 6.54 Å². The number of amides is 2. The fraction of sp³-hybridized carbons (Fsp3) is 0.273. The summed E-state index contributed by atoms with van der Waals surface area (Å²) in [5.74, 6) is 6.54. The molecule has 150 valence electrons. The fourth-order valence-electron chi connectivity index (χ4n) is 2.96. The molecule has 0 spiro atoms. The number of halogens is 1. The summed E-state index contributed by atoms with van der Waals surface area (Å²) in [6.07, 6.45) is 0.192. The lowest BCUT2D eigenvalue weighted by atomic mass is 10.1. The molecule has 1 atom stereocenters. The molecule has 29 heavy (non-hydrogen) atoms. The van der Waals surface area contributed by atoms with Crippen LogP contribution in [0.3, 0.4) is 0 Å². The molecule has 7 heteroatoms. The molecule has 1 saturated heterocycles. The van der Waals surface area contributed by atoms with E-state index >= 15 is 0 Å². The molecule has 1 aliphatic rings. The van der Waals surface area contributed by atoms with Gasteiger partial charge in [0.15, 0.2) is 0 Å². The third kappa shape index (κ3) is 5.75. The largest absolute Gasteiger partial charge is 0.497 e. The second-order valence-corrected chi connectivity index (χ2v) is 7.34. The predicted molar refractivity (Wildman–Crippen MR) is 114 cm³/mol. The number of hydrogen-bond acceptors (Lipinski definition) is 4. The monoisotopic (exact) mass is 456 g/mol. The van der Waals surface area contributed by atoms with E-state index in [1.165, 1.54) is 0 Å². The van der Waals surface area contributed by atoms with Gasteiger partial charge in [-0.05, 0) is 42.5 Å². The molecule has 2 aromatic rings. The van der Waals surface area contributed by atoms with Crippen LogP contribution in [0.25, 0.3) is 0 Å². The van der Waals surface area contributed by atoms with E-state index < -0.39 is 0 Å². The standard InChI is InChI=1S/C22H21BrN2O4/c1-28-19-9-7-18(8-10-19)25-15-16(13-21(25)26)22(27)24-11-2-3-12-29-20-6-4-5-17(23)14-20/h4-10,14,16H,11-13,15H2,1H3,(H,24,27). The number of carbonyl (C=O) groups is 2. The van der Waals surface area contributed by atoms with Crippen molar-refractivity contribution in [2.75, 3.05) is 31.7 Å². The molecule has 0 radical (unpaired) electrons. The molecule has 1 unspecified atom stereocenters. The van der Waals surface area contributed by atoms with Crippen LogP contribution in [0.5, 0.6) is 11.5 Å². The van der Waals surface area contributed by atoms with E-state index in [2.05, 4.69) is 33.1 Å². The normalized spacial score (nSPS) is 15.4. The number of hydrogen-bond donors (Lipinski definition) is 1. The molecule has 1 fully saturated rings. The Labute approximate surface area is 178 Å². The minimum atomic E-state index is -0.385. The first-order valence-electron chi connectivity index (χ1n) is 9.13. The molecular weight excluding hydrogens is 436 g/mol. The van der Waals surface area contributed by atoms with Crippen LogP contribution in [0.4, 0.5) is 5.69 Å².